The van der Waals surface area contributed by atoms with Gasteiger partial charge in [0, 0.05) is 43.2 Å². The summed E-state index contributed by atoms with van der Waals surface area (Å²) < 4.78 is 27.2. The Morgan fingerprint density at radius 3 is 2.28 bits per heavy atom. The number of carbonyl (C=O) groups excluding carboxylic acids is 1. The largest absolute Gasteiger partial charge is 0.337 e. The van der Waals surface area contributed by atoms with Gasteiger partial charge in [-0.3, -0.25) is 14.9 Å². The number of halogens is 1. The summed E-state index contributed by atoms with van der Waals surface area (Å²) in [5.41, 5.74) is -0.328. The van der Waals surface area contributed by atoms with Crippen molar-refractivity contribution in [3.63, 3.8) is 0 Å². The normalized spacial score (nSPS) is 24.4. The van der Waals surface area contributed by atoms with Crippen LogP contribution in [0.3, 0.4) is 0 Å². The number of non-ortho nitro benzene ring substituents is 1. The van der Waals surface area contributed by atoms with Crippen LogP contribution < -0.4 is 0 Å². The second-order valence-electron chi connectivity index (χ2n) is 7.92. The van der Waals surface area contributed by atoms with E-state index >= 15 is 0 Å². The summed E-state index contributed by atoms with van der Waals surface area (Å²) in [5, 5.41) is 10.9. The molecule has 1 aromatic carbocycles. The molecule has 3 rings (SSSR count). The monoisotopic (exact) mass is 443 g/mol. The summed E-state index contributed by atoms with van der Waals surface area (Å²) in [6.45, 7) is 4.51. The Morgan fingerprint density at radius 1 is 1.14 bits per heavy atom. The summed E-state index contributed by atoms with van der Waals surface area (Å²) >= 11 is 6.03. The van der Waals surface area contributed by atoms with Gasteiger partial charge in [0.25, 0.3) is 5.69 Å². The minimum Gasteiger partial charge on any atom is -0.337 e. The Balaban J connectivity index is 1.72. The lowest BCUT2D eigenvalue weighted by Gasteiger charge is -2.42. The van der Waals surface area contributed by atoms with Gasteiger partial charge in [0.15, 0.2) is 0 Å². The number of rotatable bonds is 4. The van der Waals surface area contributed by atoms with Crippen molar-refractivity contribution >= 4 is 33.2 Å². The molecule has 2 aliphatic rings. The molecule has 0 spiro atoms. The zero-order valence-electron chi connectivity index (χ0n) is 16.6. The van der Waals surface area contributed by atoms with Crippen LogP contribution in [0.15, 0.2) is 23.1 Å². The summed E-state index contributed by atoms with van der Waals surface area (Å²) in [6.07, 6.45) is 3.97. The number of piperidine rings is 2. The molecule has 0 saturated carbocycles. The Kier molecular flexibility index (Phi) is 6.50. The topological polar surface area (TPSA) is 101 Å². The molecule has 1 amide bonds. The first kappa shape index (κ1) is 22.0. The maximum absolute atomic E-state index is 13.0. The molecule has 0 radical (unpaired) electrons. The smallest absolute Gasteiger partial charge is 0.270 e. The van der Waals surface area contributed by atoms with Gasteiger partial charge in [0.05, 0.1) is 9.95 Å². The number of sulfonamides is 1. The number of carbonyl (C=O) groups is 1. The maximum atomic E-state index is 13.0. The van der Waals surface area contributed by atoms with E-state index in [1.165, 1.54) is 16.4 Å². The van der Waals surface area contributed by atoms with E-state index in [-0.39, 0.29) is 52.6 Å². The van der Waals surface area contributed by atoms with Crippen LogP contribution in [0.4, 0.5) is 5.69 Å². The number of amides is 1. The predicted octanol–water partition coefficient (Wildman–Crippen LogP) is 3.44. The lowest BCUT2D eigenvalue weighted by Crippen LogP contribution is -2.52. The number of likely N-dealkylation sites (tertiary alicyclic amines) is 1. The molecule has 2 fully saturated rings. The number of nitro benzene ring substituents is 1. The van der Waals surface area contributed by atoms with Crippen LogP contribution in [0.1, 0.15) is 46.0 Å². The van der Waals surface area contributed by atoms with Crippen LogP contribution in [-0.2, 0) is 14.8 Å². The molecule has 0 aromatic heterocycles. The summed E-state index contributed by atoms with van der Waals surface area (Å²) in [7, 11) is -3.97. The lowest BCUT2D eigenvalue weighted by molar-refractivity contribution is -0.385. The number of nitro groups is 1. The molecule has 2 saturated heterocycles. The number of benzene rings is 1. The summed E-state index contributed by atoms with van der Waals surface area (Å²) in [4.78, 5) is 25.1. The Hall–Kier alpha value is -1.71. The summed E-state index contributed by atoms with van der Waals surface area (Å²) in [5.74, 6) is -0.0971. The van der Waals surface area contributed by atoms with Gasteiger partial charge in [-0.15, -0.1) is 0 Å². The highest BCUT2D eigenvalue weighted by atomic mass is 35.5. The van der Waals surface area contributed by atoms with E-state index in [0.717, 1.165) is 25.3 Å². The van der Waals surface area contributed by atoms with Crippen LogP contribution in [0.2, 0.25) is 5.02 Å². The first-order valence-electron chi connectivity index (χ1n) is 9.89. The molecule has 0 N–H and O–H groups in total. The lowest BCUT2D eigenvalue weighted by atomic mass is 9.91. The zero-order chi connectivity index (χ0) is 21.3. The number of hydrogen-bond donors (Lipinski definition) is 0. The molecule has 160 valence electrons. The van der Waals surface area contributed by atoms with Gasteiger partial charge in [-0.05, 0) is 52.0 Å². The van der Waals surface area contributed by atoms with Gasteiger partial charge >= 0.3 is 0 Å². The minimum absolute atomic E-state index is 0.0511. The highest BCUT2D eigenvalue weighted by Gasteiger charge is 2.38. The molecule has 10 heteroatoms. The zero-order valence-corrected chi connectivity index (χ0v) is 18.2. The Labute approximate surface area is 176 Å². The number of nitrogens with zero attached hydrogens (tertiary/aromatic N) is 3. The second kappa shape index (κ2) is 8.57. The van der Waals surface area contributed by atoms with Gasteiger partial charge in [0.1, 0.15) is 4.90 Å². The van der Waals surface area contributed by atoms with E-state index in [0.29, 0.717) is 12.8 Å². The highest BCUT2D eigenvalue weighted by molar-refractivity contribution is 7.89. The third-order valence-electron chi connectivity index (χ3n) is 5.99. The van der Waals surface area contributed by atoms with Crippen molar-refractivity contribution < 1.29 is 18.1 Å². The average molecular weight is 444 g/mol. The highest BCUT2D eigenvalue weighted by Crippen LogP contribution is 2.33. The quantitative estimate of drug-likeness (QED) is 0.524. The molecule has 2 atom stereocenters. The predicted molar refractivity (Wildman–Crippen MR) is 109 cm³/mol. The third kappa shape index (κ3) is 4.41. The summed E-state index contributed by atoms with van der Waals surface area (Å²) in [6, 6.07) is 3.80. The van der Waals surface area contributed by atoms with Crippen molar-refractivity contribution in [2.75, 3.05) is 13.1 Å². The van der Waals surface area contributed by atoms with Crippen molar-refractivity contribution in [1.82, 2.24) is 9.21 Å². The first-order chi connectivity index (χ1) is 13.6. The molecule has 1 aromatic rings. The minimum atomic E-state index is -3.97. The Bertz CT molecular complexity index is 889. The van der Waals surface area contributed by atoms with Crippen molar-refractivity contribution in [2.45, 2.75) is 62.9 Å². The molecule has 2 aliphatic heterocycles. The fraction of sp³-hybridized carbons (Fsp3) is 0.632. The number of hydrogen-bond acceptors (Lipinski definition) is 5. The van der Waals surface area contributed by atoms with Crippen molar-refractivity contribution in [2.24, 2.45) is 5.92 Å². The van der Waals surface area contributed by atoms with Crippen LogP contribution in [0.25, 0.3) is 0 Å². The van der Waals surface area contributed by atoms with Crippen molar-refractivity contribution in [1.29, 1.82) is 0 Å². The standard InChI is InChI=1S/C19H26ClN3O5S/c1-13-4-3-5-14(2)22(13)19(24)15-8-10-21(11-9-15)29(27,28)18-12-16(23(25)26)6-7-17(18)20/h6-7,12-15H,3-5,8-11H2,1-2H3/t13-,14+. The molecular formula is C19H26ClN3O5S. The van der Waals surface area contributed by atoms with Crippen molar-refractivity contribution in [3.05, 3.63) is 33.3 Å². The SMILES string of the molecule is C[C@@H]1CCC[C@H](C)N1C(=O)C1CCN(S(=O)(=O)c2cc([N+](=O)[O-])ccc2Cl)CC1. The van der Waals surface area contributed by atoms with E-state index in [4.69, 9.17) is 11.6 Å². The van der Waals surface area contributed by atoms with E-state index in [2.05, 4.69) is 13.8 Å². The van der Waals surface area contributed by atoms with Crippen LogP contribution >= 0.6 is 11.6 Å². The Morgan fingerprint density at radius 2 is 1.72 bits per heavy atom. The van der Waals surface area contributed by atoms with Gasteiger partial charge in [-0.1, -0.05) is 11.6 Å². The fourth-order valence-corrected chi connectivity index (χ4v) is 6.32. The van der Waals surface area contributed by atoms with Gasteiger partial charge in [-0.25, -0.2) is 8.42 Å². The molecule has 2 heterocycles. The van der Waals surface area contributed by atoms with E-state index in [1.807, 2.05) is 4.90 Å². The second-order valence-corrected chi connectivity index (χ2v) is 10.2. The molecule has 8 nitrogen and oxygen atoms in total. The molecular weight excluding hydrogens is 418 g/mol. The first-order valence-corrected chi connectivity index (χ1v) is 11.7. The van der Waals surface area contributed by atoms with Crippen LogP contribution in [-0.4, -0.2) is 53.6 Å². The van der Waals surface area contributed by atoms with Gasteiger partial charge in [0.2, 0.25) is 15.9 Å². The van der Waals surface area contributed by atoms with Crippen LogP contribution in [0, 0.1) is 16.0 Å². The van der Waals surface area contributed by atoms with Crippen molar-refractivity contribution in [3.8, 4) is 0 Å². The van der Waals surface area contributed by atoms with Crippen LogP contribution in [0.5, 0.6) is 0 Å². The van der Waals surface area contributed by atoms with E-state index in [1.54, 1.807) is 0 Å². The molecule has 29 heavy (non-hydrogen) atoms. The third-order valence-corrected chi connectivity index (χ3v) is 8.37. The van der Waals surface area contributed by atoms with E-state index in [9.17, 15) is 23.3 Å². The molecule has 0 aliphatic carbocycles. The molecule has 0 bridgehead atoms. The fourth-order valence-electron chi connectivity index (χ4n) is 4.35. The van der Waals surface area contributed by atoms with Gasteiger partial charge in [-0.2, -0.15) is 4.31 Å². The average Bonchev–Trinajstić information content (AvgIpc) is 2.67. The maximum Gasteiger partial charge on any atom is 0.270 e. The van der Waals surface area contributed by atoms with Gasteiger partial charge < -0.3 is 4.90 Å². The van der Waals surface area contributed by atoms with E-state index < -0.39 is 14.9 Å². The molecule has 0 unspecified atom stereocenters.